The maximum absolute atomic E-state index is 5.70. The number of hydrogen-bond acceptors (Lipinski definition) is 8. The average molecular weight is 310 g/mol. The Balaban J connectivity index is 1.64. The molecule has 0 aliphatic rings. The summed E-state index contributed by atoms with van der Waals surface area (Å²) in [5.41, 5.74) is 0. The van der Waals surface area contributed by atoms with Crippen molar-refractivity contribution in [2.24, 2.45) is 0 Å². The monoisotopic (exact) mass is 310 g/mol. The van der Waals surface area contributed by atoms with Crippen LogP contribution in [-0.2, 0) is 5.75 Å². The van der Waals surface area contributed by atoms with Crippen LogP contribution in [0.25, 0.3) is 10.6 Å². The first-order valence-corrected chi connectivity index (χ1v) is 8.16. The number of hydrogen-bond donors (Lipinski definition) is 1. The van der Waals surface area contributed by atoms with E-state index in [1.807, 2.05) is 24.6 Å². The van der Waals surface area contributed by atoms with Gasteiger partial charge in [0.05, 0.1) is 16.8 Å². The fourth-order valence-electron chi connectivity index (χ4n) is 1.40. The van der Waals surface area contributed by atoms with Gasteiger partial charge < -0.3 is 9.73 Å². The van der Waals surface area contributed by atoms with Crippen LogP contribution in [0.15, 0.2) is 32.5 Å². The van der Waals surface area contributed by atoms with E-state index in [9.17, 15) is 0 Å². The van der Waals surface area contributed by atoms with Gasteiger partial charge in [0.1, 0.15) is 0 Å². The quantitative estimate of drug-likeness (QED) is 0.727. The van der Waals surface area contributed by atoms with Crippen LogP contribution >= 0.6 is 34.4 Å². The van der Waals surface area contributed by atoms with Gasteiger partial charge >= 0.3 is 0 Å². The van der Waals surface area contributed by atoms with Gasteiger partial charge in [-0.15, -0.1) is 21.5 Å². The van der Waals surface area contributed by atoms with Gasteiger partial charge in [-0.1, -0.05) is 29.2 Å². The Hall–Kier alpha value is -1.38. The summed E-state index contributed by atoms with van der Waals surface area (Å²) < 4.78 is 6.61. The summed E-state index contributed by atoms with van der Waals surface area (Å²) in [6, 6.07) is 4.02. The molecule has 5 nitrogen and oxygen atoms in total. The number of thioether (sulfide) groups is 1. The van der Waals surface area contributed by atoms with Gasteiger partial charge in [-0.25, -0.2) is 4.98 Å². The zero-order chi connectivity index (χ0) is 13.1. The predicted octanol–water partition coefficient (Wildman–Crippen LogP) is 3.59. The van der Waals surface area contributed by atoms with Gasteiger partial charge in [-0.05, 0) is 11.4 Å². The maximum atomic E-state index is 5.70. The molecule has 3 aromatic heterocycles. The number of aromatic nitrogens is 3. The number of nitrogens with zero attached hydrogens (tertiary/aromatic N) is 3. The topological polar surface area (TPSA) is 63.8 Å². The molecule has 0 spiro atoms. The van der Waals surface area contributed by atoms with Crippen molar-refractivity contribution >= 4 is 39.6 Å². The van der Waals surface area contributed by atoms with Crippen molar-refractivity contribution in [2.75, 3.05) is 12.4 Å². The minimum Gasteiger partial charge on any atom is -0.439 e. The summed E-state index contributed by atoms with van der Waals surface area (Å²) in [6.07, 6.45) is 1.76. The fourth-order valence-corrected chi connectivity index (χ4v) is 3.63. The zero-order valence-electron chi connectivity index (χ0n) is 9.99. The highest BCUT2D eigenvalue weighted by Gasteiger charge is 2.09. The standard InChI is InChI=1S/C11H10N4OS3/c1-12-10-14-15-11(19-10)18-6-9-13-5-7(16-9)8-3-2-4-17-8/h2-5H,6H2,1H3,(H,12,14). The molecule has 3 rings (SSSR count). The summed E-state index contributed by atoms with van der Waals surface area (Å²) in [5, 5.41) is 13.8. The van der Waals surface area contributed by atoms with Crippen LogP contribution in [0.4, 0.5) is 5.13 Å². The lowest BCUT2D eigenvalue weighted by Crippen LogP contribution is -1.84. The van der Waals surface area contributed by atoms with Crippen molar-refractivity contribution in [3.8, 4) is 10.6 Å². The summed E-state index contributed by atoms with van der Waals surface area (Å²) in [4.78, 5) is 5.37. The molecule has 8 heteroatoms. The third kappa shape index (κ3) is 2.96. The van der Waals surface area contributed by atoms with E-state index in [4.69, 9.17) is 4.42 Å². The Morgan fingerprint density at radius 1 is 1.42 bits per heavy atom. The molecular formula is C11H10N4OS3. The van der Waals surface area contributed by atoms with Crippen LogP contribution in [0, 0.1) is 0 Å². The Morgan fingerprint density at radius 2 is 2.37 bits per heavy atom. The maximum Gasteiger partial charge on any atom is 0.206 e. The summed E-state index contributed by atoms with van der Waals surface area (Å²) >= 11 is 4.73. The molecule has 0 aromatic carbocycles. The number of rotatable bonds is 5. The van der Waals surface area contributed by atoms with Gasteiger partial charge in [-0.3, -0.25) is 0 Å². The molecule has 1 N–H and O–H groups in total. The summed E-state index contributed by atoms with van der Waals surface area (Å²) in [5.74, 6) is 2.18. The van der Waals surface area contributed by atoms with Crippen LogP contribution in [-0.4, -0.2) is 22.2 Å². The molecule has 0 unspecified atom stereocenters. The van der Waals surface area contributed by atoms with E-state index >= 15 is 0 Å². The van der Waals surface area contributed by atoms with E-state index in [0.29, 0.717) is 11.6 Å². The number of thiophene rings is 1. The van der Waals surface area contributed by atoms with E-state index in [1.54, 1.807) is 29.3 Å². The third-order valence-corrected chi connectivity index (χ3v) is 5.20. The second-order valence-electron chi connectivity index (χ2n) is 3.51. The lowest BCUT2D eigenvalue weighted by Gasteiger charge is -1.92. The highest BCUT2D eigenvalue weighted by molar-refractivity contribution is 8.00. The van der Waals surface area contributed by atoms with E-state index in [2.05, 4.69) is 20.5 Å². The Labute approximate surface area is 122 Å². The average Bonchev–Trinajstić information content (AvgIpc) is 3.16. The molecule has 0 radical (unpaired) electrons. The molecule has 0 aliphatic carbocycles. The number of anilines is 1. The summed E-state index contributed by atoms with van der Waals surface area (Å²) in [6.45, 7) is 0. The molecule has 0 aliphatic heterocycles. The zero-order valence-corrected chi connectivity index (χ0v) is 12.4. The van der Waals surface area contributed by atoms with Crippen molar-refractivity contribution in [1.29, 1.82) is 0 Å². The first-order valence-electron chi connectivity index (χ1n) is 5.48. The highest BCUT2D eigenvalue weighted by atomic mass is 32.2. The molecule has 0 atom stereocenters. The smallest absolute Gasteiger partial charge is 0.206 e. The van der Waals surface area contributed by atoms with Gasteiger partial charge in [0.25, 0.3) is 0 Å². The highest BCUT2D eigenvalue weighted by Crippen LogP contribution is 2.30. The van der Waals surface area contributed by atoms with Crippen molar-refractivity contribution in [3.63, 3.8) is 0 Å². The lowest BCUT2D eigenvalue weighted by molar-refractivity contribution is 0.531. The van der Waals surface area contributed by atoms with Gasteiger partial charge in [0.2, 0.25) is 11.0 Å². The van der Waals surface area contributed by atoms with Crippen molar-refractivity contribution in [2.45, 2.75) is 10.1 Å². The van der Waals surface area contributed by atoms with Crippen molar-refractivity contribution in [3.05, 3.63) is 29.6 Å². The van der Waals surface area contributed by atoms with Crippen LogP contribution in [0.3, 0.4) is 0 Å². The molecule has 0 amide bonds. The van der Waals surface area contributed by atoms with Crippen molar-refractivity contribution < 1.29 is 4.42 Å². The number of oxazole rings is 1. The largest absolute Gasteiger partial charge is 0.439 e. The van der Waals surface area contributed by atoms with E-state index in [-0.39, 0.29) is 0 Å². The van der Waals surface area contributed by atoms with Crippen LogP contribution in [0.2, 0.25) is 0 Å². The van der Waals surface area contributed by atoms with Gasteiger partial charge in [0.15, 0.2) is 10.1 Å². The Bertz CT molecular complexity index is 647. The van der Waals surface area contributed by atoms with Crippen LogP contribution < -0.4 is 5.32 Å². The minimum absolute atomic E-state index is 0.656. The number of nitrogens with one attached hydrogen (secondary N) is 1. The second-order valence-corrected chi connectivity index (χ2v) is 6.66. The molecule has 0 saturated heterocycles. The van der Waals surface area contributed by atoms with E-state index < -0.39 is 0 Å². The normalized spacial score (nSPS) is 10.8. The Morgan fingerprint density at radius 3 is 3.11 bits per heavy atom. The lowest BCUT2D eigenvalue weighted by atomic mass is 10.4. The summed E-state index contributed by atoms with van der Waals surface area (Å²) in [7, 11) is 1.83. The van der Waals surface area contributed by atoms with Gasteiger partial charge in [-0.2, -0.15) is 0 Å². The van der Waals surface area contributed by atoms with Crippen molar-refractivity contribution in [1.82, 2.24) is 15.2 Å². The molecule has 3 aromatic rings. The van der Waals surface area contributed by atoms with E-state index in [1.165, 1.54) is 11.3 Å². The van der Waals surface area contributed by atoms with E-state index in [0.717, 1.165) is 20.1 Å². The second kappa shape index (κ2) is 5.72. The molecule has 3 heterocycles. The fraction of sp³-hybridized carbons (Fsp3) is 0.182. The SMILES string of the molecule is CNc1nnc(SCc2ncc(-c3cccs3)o2)s1. The third-order valence-electron chi connectivity index (χ3n) is 2.26. The first-order chi connectivity index (χ1) is 9.35. The molecule has 0 bridgehead atoms. The van der Waals surface area contributed by atoms with Crippen LogP contribution in [0.5, 0.6) is 0 Å². The minimum atomic E-state index is 0.656. The molecule has 0 saturated carbocycles. The van der Waals surface area contributed by atoms with Gasteiger partial charge in [0, 0.05) is 7.05 Å². The molecule has 0 fully saturated rings. The van der Waals surface area contributed by atoms with Crippen LogP contribution in [0.1, 0.15) is 5.89 Å². The Kier molecular flexibility index (Phi) is 3.81. The first kappa shape index (κ1) is 12.6. The predicted molar refractivity (Wildman–Crippen MR) is 78.8 cm³/mol. The molecule has 19 heavy (non-hydrogen) atoms. The molecule has 98 valence electrons. The molecular weight excluding hydrogens is 300 g/mol.